The van der Waals surface area contributed by atoms with Crippen molar-refractivity contribution < 1.29 is 9.50 Å². The summed E-state index contributed by atoms with van der Waals surface area (Å²) in [5.74, 6) is -0.280. The van der Waals surface area contributed by atoms with E-state index < -0.39 is 0 Å². The Balaban J connectivity index is 2.12. The Kier molecular flexibility index (Phi) is 3.26. The lowest BCUT2D eigenvalue weighted by molar-refractivity contribution is 0.171. The molecule has 0 amide bonds. The van der Waals surface area contributed by atoms with Crippen LogP contribution in [0.4, 0.5) is 10.1 Å². The molecule has 2 nitrogen and oxygen atoms in total. The van der Waals surface area contributed by atoms with Gasteiger partial charge in [-0.1, -0.05) is 15.9 Å². The molecule has 2 rings (SSSR count). The van der Waals surface area contributed by atoms with E-state index in [0.29, 0.717) is 5.69 Å². The predicted molar refractivity (Wildman–Crippen MR) is 61.4 cm³/mol. The van der Waals surface area contributed by atoms with Crippen molar-refractivity contribution in [2.45, 2.75) is 31.4 Å². The molecule has 4 heteroatoms. The van der Waals surface area contributed by atoms with E-state index in [4.69, 9.17) is 0 Å². The molecule has 0 bridgehead atoms. The molecular formula is C11H13BrFNO. The fraction of sp³-hybridized carbons (Fsp3) is 0.455. The molecule has 1 fully saturated rings. The molecule has 0 heterocycles. The molecular weight excluding hydrogens is 261 g/mol. The number of hydrogen-bond donors (Lipinski definition) is 2. The van der Waals surface area contributed by atoms with Gasteiger partial charge in [0.15, 0.2) is 0 Å². The third-order valence-electron chi connectivity index (χ3n) is 2.75. The Labute approximate surface area is 96.6 Å². The first-order valence-corrected chi connectivity index (χ1v) is 5.86. The summed E-state index contributed by atoms with van der Waals surface area (Å²) in [6, 6.07) is 4.74. The second-order valence-corrected chi connectivity index (χ2v) is 4.79. The first kappa shape index (κ1) is 10.9. The molecule has 2 N–H and O–H groups in total. The van der Waals surface area contributed by atoms with Crippen LogP contribution in [-0.4, -0.2) is 17.3 Å². The average molecular weight is 274 g/mol. The second kappa shape index (κ2) is 4.49. The highest BCUT2D eigenvalue weighted by Gasteiger charge is 2.25. The number of hydrogen-bond acceptors (Lipinski definition) is 2. The molecule has 0 aromatic heterocycles. The highest BCUT2D eigenvalue weighted by molar-refractivity contribution is 9.10. The maximum atomic E-state index is 13.4. The summed E-state index contributed by atoms with van der Waals surface area (Å²) in [4.78, 5) is 0. The molecule has 1 aliphatic rings. The highest BCUT2D eigenvalue weighted by Crippen LogP contribution is 2.26. The lowest BCUT2D eigenvalue weighted by Crippen LogP contribution is -2.28. The monoisotopic (exact) mass is 273 g/mol. The third kappa shape index (κ3) is 2.49. The number of aliphatic hydroxyl groups is 1. The topological polar surface area (TPSA) is 32.3 Å². The smallest absolute Gasteiger partial charge is 0.146 e. The summed E-state index contributed by atoms with van der Waals surface area (Å²) < 4.78 is 14.2. The molecule has 1 aromatic carbocycles. The van der Waals surface area contributed by atoms with Gasteiger partial charge >= 0.3 is 0 Å². The van der Waals surface area contributed by atoms with Crippen LogP contribution in [-0.2, 0) is 0 Å². The summed E-state index contributed by atoms with van der Waals surface area (Å²) >= 11 is 3.29. The van der Waals surface area contributed by atoms with Crippen LogP contribution in [0.5, 0.6) is 0 Å². The largest absolute Gasteiger partial charge is 0.391 e. The third-order valence-corrected chi connectivity index (χ3v) is 3.24. The van der Waals surface area contributed by atoms with Crippen molar-refractivity contribution in [1.29, 1.82) is 0 Å². The van der Waals surface area contributed by atoms with E-state index in [9.17, 15) is 9.50 Å². The number of nitrogens with one attached hydrogen (secondary N) is 1. The van der Waals surface area contributed by atoms with Gasteiger partial charge in [-0.25, -0.2) is 4.39 Å². The molecule has 82 valence electrons. The standard InChI is InChI=1S/C11H13BrFNO/c12-7-4-5-8(13)10(6-7)14-9-2-1-3-11(9)15/h4-6,9,11,14-15H,1-3H2/t9-,11-/m1/s1. The van der Waals surface area contributed by atoms with Gasteiger partial charge in [-0.15, -0.1) is 0 Å². The molecule has 2 atom stereocenters. The molecule has 1 saturated carbocycles. The van der Waals surface area contributed by atoms with Gasteiger partial charge < -0.3 is 10.4 Å². The summed E-state index contributed by atoms with van der Waals surface area (Å²) in [5.41, 5.74) is 0.454. The van der Waals surface area contributed by atoms with Crippen molar-refractivity contribution in [2.24, 2.45) is 0 Å². The zero-order valence-corrected chi connectivity index (χ0v) is 9.80. The van der Waals surface area contributed by atoms with Gasteiger partial charge in [0.05, 0.1) is 17.8 Å². The van der Waals surface area contributed by atoms with Crippen LogP contribution in [0.2, 0.25) is 0 Å². The summed E-state index contributed by atoms with van der Waals surface area (Å²) in [6.45, 7) is 0. The van der Waals surface area contributed by atoms with Crippen LogP contribution in [0.1, 0.15) is 19.3 Å². The van der Waals surface area contributed by atoms with E-state index in [-0.39, 0.29) is 18.0 Å². The van der Waals surface area contributed by atoms with Crippen LogP contribution in [0.15, 0.2) is 22.7 Å². The van der Waals surface area contributed by atoms with Crippen molar-refractivity contribution in [1.82, 2.24) is 0 Å². The second-order valence-electron chi connectivity index (χ2n) is 3.87. The fourth-order valence-electron chi connectivity index (χ4n) is 1.92. The Hall–Kier alpha value is -0.610. The Bertz CT molecular complexity index is 358. The molecule has 0 spiro atoms. The van der Waals surface area contributed by atoms with Crippen molar-refractivity contribution >= 4 is 21.6 Å². The number of halogens is 2. The predicted octanol–water partition coefficient (Wildman–Crippen LogP) is 2.91. The van der Waals surface area contributed by atoms with Gasteiger partial charge in [-0.05, 0) is 37.5 Å². The van der Waals surface area contributed by atoms with E-state index >= 15 is 0 Å². The minimum atomic E-state index is -0.358. The van der Waals surface area contributed by atoms with Crippen LogP contribution >= 0.6 is 15.9 Å². The average Bonchev–Trinajstić information content (AvgIpc) is 2.58. The minimum Gasteiger partial charge on any atom is -0.391 e. The summed E-state index contributed by atoms with van der Waals surface area (Å²) in [6.07, 6.45) is 2.33. The SMILES string of the molecule is O[C@@H]1CCC[C@H]1Nc1cc(Br)ccc1F. The molecule has 1 aromatic rings. The van der Waals surface area contributed by atoms with Gasteiger partial charge in [0, 0.05) is 4.47 Å². The van der Waals surface area contributed by atoms with Crippen molar-refractivity contribution in [3.05, 3.63) is 28.5 Å². The Morgan fingerprint density at radius 2 is 2.20 bits per heavy atom. The zero-order valence-electron chi connectivity index (χ0n) is 8.21. The molecule has 1 aliphatic carbocycles. The van der Waals surface area contributed by atoms with E-state index in [0.717, 1.165) is 23.7 Å². The quantitative estimate of drug-likeness (QED) is 0.869. The number of aliphatic hydroxyl groups excluding tert-OH is 1. The molecule has 0 radical (unpaired) electrons. The summed E-state index contributed by atoms with van der Waals surface area (Å²) in [7, 11) is 0. The molecule has 0 saturated heterocycles. The normalized spacial score (nSPS) is 25.5. The van der Waals surface area contributed by atoms with Crippen LogP contribution in [0.25, 0.3) is 0 Å². The number of anilines is 1. The first-order valence-electron chi connectivity index (χ1n) is 5.06. The van der Waals surface area contributed by atoms with Crippen LogP contribution in [0, 0.1) is 5.82 Å². The Morgan fingerprint density at radius 1 is 1.40 bits per heavy atom. The maximum absolute atomic E-state index is 13.4. The van der Waals surface area contributed by atoms with Crippen LogP contribution in [0.3, 0.4) is 0 Å². The van der Waals surface area contributed by atoms with E-state index in [1.807, 2.05) is 0 Å². The van der Waals surface area contributed by atoms with Crippen molar-refractivity contribution in [3.63, 3.8) is 0 Å². The van der Waals surface area contributed by atoms with Crippen molar-refractivity contribution in [2.75, 3.05) is 5.32 Å². The highest BCUT2D eigenvalue weighted by atomic mass is 79.9. The Morgan fingerprint density at radius 3 is 2.87 bits per heavy atom. The van der Waals surface area contributed by atoms with Gasteiger partial charge in [0.2, 0.25) is 0 Å². The van der Waals surface area contributed by atoms with Gasteiger partial charge in [-0.2, -0.15) is 0 Å². The maximum Gasteiger partial charge on any atom is 0.146 e. The fourth-order valence-corrected chi connectivity index (χ4v) is 2.28. The number of benzene rings is 1. The van der Waals surface area contributed by atoms with E-state index in [2.05, 4.69) is 21.2 Å². The van der Waals surface area contributed by atoms with Crippen LogP contribution < -0.4 is 5.32 Å². The zero-order chi connectivity index (χ0) is 10.8. The minimum absolute atomic E-state index is 0.0196. The molecule has 15 heavy (non-hydrogen) atoms. The van der Waals surface area contributed by atoms with Crippen molar-refractivity contribution in [3.8, 4) is 0 Å². The van der Waals surface area contributed by atoms with Gasteiger partial charge in [0.1, 0.15) is 5.82 Å². The number of rotatable bonds is 2. The first-order chi connectivity index (χ1) is 7.16. The molecule has 0 unspecified atom stereocenters. The van der Waals surface area contributed by atoms with E-state index in [1.165, 1.54) is 6.07 Å². The van der Waals surface area contributed by atoms with E-state index in [1.54, 1.807) is 12.1 Å². The summed E-state index contributed by atoms with van der Waals surface area (Å²) in [5, 5.41) is 12.7. The molecule has 0 aliphatic heterocycles. The lowest BCUT2D eigenvalue weighted by Gasteiger charge is -2.18. The van der Waals surface area contributed by atoms with Gasteiger partial charge in [0.25, 0.3) is 0 Å². The van der Waals surface area contributed by atoms with Gasteiger partial charge in [-0.3, -0.25) is 0 Å². The lowest BCUT2D eigenvalue weighted by atomic mass is 10.2.